The van der Waals surface area contributed by atoms with Gasteiger partial charge in [0, 0.05) is 18.4 Å². The first kappa shape index (κ1) is 15.0. The standard InChI is InChI=1S/C13H14BrClF3N/c14-8-9-1-2-12(11(15)7-9)19-5-3-10(4-6-19)13(16,17)18/h1-2,7,10H,3-6,8H2. The molecule has 0 bridgehead atoms. The molecule has 0 spiro atoms. The van der Waals surface area contributed by atoms with Crippen LogP contribution in [0.2, 0.25) is 5.02 Å². The summed E-state index contributed by atoms with van der Waals surface area (Å²) in [7, 11) is 0. The molecule has 2 rings (SSSR count). The average molecular weight is 357 g/mol. The Bertz CT molecular complexity index is 442. The average Bonchev–Trinajstić information content (AvgIpc) is 2.37. The molecular formula is C13H14BrClF3N. The van der Waals surface area contributed by atoms with E-state index < -0.39 is 12.1 Å². The van der Waals surface area contributed by atoms with E-state index in [4.69, 9.17) is 11.6 Å². The Kier molecular flexibility index (Phi) is 4.66. The van der Waals surface area contributed by atoms with Crippen molar-refractivity contribution in [2.45, 2.75) is 24.3 Å². The molecule has 106 valence electrons. The fourth-order valence-electron chi connectivity index (χ4n) is 2.34. The van der Waals surface area contributed by atoms with E-state index >= 15 is 0 Å². The molecule has 0 amide bonds. The summed E-state index contributed by atoms with van der Waals surface area (Å²) in [5, 5.41) is 1.31. The van der Waals surface area contributed by atoms with Crippen molar-refractivity contribution in [3.8, 4) is 0 Å². The number of rotatable bonds is 2. The van der Waals surface area contributed by atoms with Crippen molar-refractivity contribution >= 4 is 33.2 Å². The number of hydrogen-bond donors (Lipinski definition) is 0. The smallest absolute Gasteiger partial charge is 0.370 e. The van der Waals surface area contributed by atoms with E-state index in [1.807, 2.05) is 23.1 Å². The third-order valence-corrected chi connectivity index (χ3v) is 4.42. The number of benzene rings is 1. The molecule has 1 aromatic carbocycles. The predicted molar refractivity (Wildman–Crippen MR) is 75.1 cm³/mol. The minimum Gasteiger partial charge on any atom is -0.370 e. The Morgan fingerprint density at radius 2 is 1.89 bits per heavy atom. The van der Waals surface area contributed by atoms with E-state index in [1.165, 1.54) is 0 Å². The van der Waals surface area contributed by atoms with Crippen LogP contribution in [0.4, 0.5) is 18.9 Å². The molecule has 1 saturated heterocycles. The quantitative estimate of drug-likeness (QED) is 0.673. The van der Waals surface area contributed by atoms with Gasteiger partial charge < -0.3 is 4.90 Å². The Hall–Kier alpha value is -0.420. The molecule has 1 aliphatic heterocycles. The number of halogens is 5. The lowest BCUT2D eigenvalue weighted by atomic mass is 9.96. The van der Waals surface area contributed by atoms with Gasteiger partial charge in [0.1, 0.15) is 0 Å². The van der Waals surface area contributed by atoms with Gasteiger partial charge in [-0.15, -0.1) is 0 Å². The molecule has 1 heterocycles. The third kappa shape index (κ3) is 3.57. The molecule has 0 atom stereocenters. The number of hydrogen-bond acceptors (Lipinski definition) is 1. The summed E-state index contributed by atoms with van der Waals surface area (Å²) in [4.78, 5) is 1.93. The Balaban J connectivity index is 2.06. The molecule has 0 aliphatic carbocycles. The van der Waals surface area contributed by atoms with Crippen molar-refractivity contribution in [3.63, 3.8) is 0 Å². The van der Waals surface area contributed by atoms with Crippen LogP contribution in [-0.2, 0) is 5.33 Å². The fourth-order valence-corrected chi connectivity index (χ4v) is 3.01. The third-order valence-electron chi connectivity index (χ3n) is 3.46. The van der Waals surface area contributed by atoms with Crippen molar-refractivity contribution in [1.29, 1.82) is 0 Å². The highest BCUT2D eigenvalue weighted by atomic mass is 79.9. The van der Waals surface area contributed by atoms with Gasteiger partial charge >= 0.3 is 6.18 Å². The molecule has 1 nitrogen and oxygen atoms in total. The van der Waals surface area contributed by atoms with Crippen LogP contribution < -0.4 is 4.90 Å². The minimum atomic E-state index is -4.07. The molecule has 0 N–H and O–H groups in total. The largest absolute Gasteiger partial charge is 0.391 e. The lowest BCUT2D eigenvalue weighted by molar-refractivity contribution is -0.179. The van der Waals surface area contributed by atoms with Gasteiger partial charge in [0.15, 0.2) is 0 Å². The number of alkyl halides is 4. The van der Waals surface area contributed by atoms with Crippen LogP contribution in [-0.4, -0.2) is 19.3 Å². The van der Waals surface area contributed by atoms with Gasteiger partial charge in [0.25, 0.3) is 0 Å². The summed E-state index contributed by atoms with van der Waals surface area (Å²) in [5.41, 5.74) is 1.88. The van der Waals surface area contributed by atoms with E-state index in [2.05, 4.69) is 15.9 Å². The topological polar surface area (TPSA) is 3.24 Å². The monoisotopic (exact) mass is 355 g/mol. The van der Waals surface area contributed by atoms with E-state index in [0.29, 0.717) is 23.4 Å². The van der Waals surface area contributed by atoms with Crippen molar-refractivity contribution in [2.75, 3.05) is 18.0 Å². The first-order valence-electron chi connectivity index (χ1n) is 6.08. The van der Waals surface area contributed by atoms with E-state index in [-0.39, 0.29) is 12.8 Å². The second-order valence-electron chi connectivity index (χ2n) is 4.72. The van der Waals surface area contributed by atoms with Gasteiger partial charge in [0.2, 0.25) is 0 Å². The number of anilines is 1. The van der Waals surface area contributed by atoms with E-state index in [9.17, 15) is 13.2 Å². The first-order chi connectivity index (χ1) is 8.91. The minimum absolute atomic E-state index is 0.139. The Morgan fingerprint density at radius 3 is 2.37 bits per heavy atom. The molecular weight excluding hydrogens is 343 g/mol. The van der Waals surface area contributed by atoms with E-state index in [1.54, 1.807) is 0 Å². The lowest BCUT2D eigenvalue weighted by Crippen LogP contribution is -2.39. The van der Waals surface area contributed by atoms with Crippen LogP contribution in [0.5, 0.6) is 0 Å². The van der Waals surface area contributed by atoms with Gasteiger partial charge in [-0.1, -0.05) is 33.6 Å². The fraction of sp³-hybridized carbons (Fsp3) is 0.538. The Morgan fingerprint density at radius 1 is 1.26 bits per heavy atom. The zero-order valence-corrected chi connectivity index (χ0v) is 12.5. The van der Waals surface area contributed by atoms with Crippen LogP contribution in [0, 0.1) is 5.92 Å². The Labute approximate surface area is 123 Å². The highest BCUT2D eigenvalue weighted by molar-refractivity contribution is 9.08. The molecule has 0 aromatic heterocycles. The van der Waals surface area contributed by atoms with Gasteiger partial charge in [-0.05, 0) is 30.5 Å². The normalized spacial score (nSPS) is 17.8. The van der Waals surface area contributed by atoms with Crippen LogP contribution in [0.3, 0.4) is 0 Å². The van der Waals surface area contributed by atoms with Gasteiger partial charge in [0.05, 0.1) is 16.6 Å². The van der Waals surface area contributed by atoms with Crippen molar-refractivity contribution in [2.24, 2.45) is 5.92 Å². The summed E-state index contributed by atoms with van der Waals surface area (Å²) in [5.74, 6) is -1.18. The van der Waals surface area contributed by atoms with Gasteiger partial charge in [-0.25, -0.2) is 0 Å². The molecule has 1 aromatic rings. The summed E-state index contributed by atoms with van der Waals surface area (Å²) in [6.45, 7) is 0.801. The molecule has 1 fully saturated rings. The highest BCUT2D eigenvalue weighted by Gasteiger charge is 2.41. The van der Waals surface area contributed by atoms with Crippen molar-refractivity contribution in [3.05, 3.63) is 28.8 Å². The number of nitrogens with zero attached hydrogens (tertiary/aromatic N) is 1. The van der Waals surface area contributed by atoms with Crippen LogP contribution >= 0.6 is 27.5 Å². The first-order valence-corrected chi connectivity index (χ1v) is 7.58. The van der Waals surface area contributed by atoms with Gasteiger partial charge in [-0.2, -0.15) is 13.2 Å². The highest BCUT2D eigenvalue weighted by Crippen LogP contribution is 2.37. The van der Waals surface area contributed by atoms with Crippen molar-refractivity contribution < 1.29 is 13.2 Å². The van der Waals surface area contributed by atoms with Gasteiger partial charge in [-0.3, -0.25) is 0 Å². The summed E-state index contributed by atoms with van der Waals surface area (Å²) in [6.07, 6.45) is -3.80. The maximum absolute atomic E-state index is 12.6. The maximum Gasteiger partial charge on any atom is 0.391 e. The molecule has 0 saturated carbocycles. The maximum atomic E-state index is 12.6. The molecule has 19 heavy (non-hydrogen) atoms. The molecule has 6 heteroatoms. The lowest BCUT2D eigenvalue weighted by Gasteiger charge is -2.34. The number of piperidine rings is 1. The molecule has 1 aliphatic rings. The van der Waals surface area contributed by atoms with Crippen LogP contribution in [0.25, 0.3) is 0 Å². The SMILES string of the molecule is FC(F)(F)C1CCN(c2ccc(CBr)cc2Cl)CC1. The van der Waals surface area contributed by atoms with E-state index in [0.717, 1.165) is 11.3 Å². The van der Waals surface area contributed by atoms with Crippen molar-refractivity contribution in [1.82, 2.24) is 0 Å². The predicted octanol–water partition coefficient (Wildman–Crippen LogP) is 5.01. The summed E-state index contributed by atoms with van der Waals surface area (Å²) >= 11 is 9.53. The summed E-state index contributed by atoms with van der Waals surface area (Å²) < 4.78 is 37.8. The summed E-state index contributed by atoms with van der Waals surface area (Å²) in [6, 6.07) is 5.67. The van der Waals surface area contributed by atoms with Crippen LogP contribution in [0.1, 0.15) is 18.4 Å². The van der Waals surface area contributed by atoms with Crippen LogP contribution in [0.15, 0.2) is 18.2 Å². The molecule has 0 radical (unpaired) electrons. The second kappa shape index (κ2) is 5.92. The second-order valence-corrected chi connectivity index (χ2v) is 5.69. The zero-order valence-electron chi connectivity index (χ0n) is 10.2. The zero-order chi connectivity index (χ0) is 14.0. The molecule has 0 unspecified atom stereocenters.